The lowest BCUT2D eigenvalue weighted by Crippen LogP contribution is -2.05. The fourth-order valence-electron chi connectivity index (χ4n) is 1.32. The van der Waals surface area contributed by atoms with Crippen molar-refractivity contribution in [3.63, 3.8) is 0 Å². The quantitative estimate of drug-likeness (QED) is 0.484. The summed E-state index contributed by atoms with van der Waals surface area (Å²) < 4.78 is 5.57. The molecule has 0 bridgehead atoms. The molecule has 1 unspecified atom stereocenters. The van der Waals surface area contributed by atoms with Gasteiger partial charge in [0, 0.05) is 11.9 Å². The van der Waals surface area contributed by atoms with Crippen LogP contribution in [0.4, 0.5) is 0 Å². The maximum Gasteiger partial charge on any atom is 0.139 e. The first-order valence-electron chi connectivity index (χ1n) is 5.38. The van der Waals surface area contributed by atoms with Gasteiger partial charge in [0.15, 0.2) is 0 Å². The number of alkyl halides is 1. The van der Waals surface area contributed by atoms with E-state index in [1.54, 1.807) is 12.1 Å². The average Bonchev–Trinajstić information content (AvgIpc) is 2.26. The van der Waals surface area contributed by atoms with Gasteiger partial charge in [0.1, 0.15) is 5.75 Å². The fourth-order valence-corrected chi connectivity index (χ4v) is 2.28. The van der Waals surface area contributed by atoms with Crippen LogP contribution in [-0.2, 0) is 0 Å². The van der Waals surface area contributed by atoms with Gasteiger partial charge in [-0.05, 0) is 24.8 Å². The SMILES string of the molecule is CC(CCCl)CCOc1cc(Cl)c(Cl)cc1Cl. The molecular formula is C12H14Cl4O. The molecular weight excluding hydrogens is 302 g/mol. The molecule has 1 aromatic rings. The van der Waals surface area contributed by atoms with Crippen LogP contribution in [0.3, 0.4) is 0 Å². The Bertz CT molecular complexity index is 368. The van der Waals surface area contributed by atoms with Gasteiger partial charge in [-0.15, -0.1) is 11.6 Å². The number of benzene rings is 1. The average molecular weight is 316 g/mol. The fraction of sp³-hybridized carbons (Fsp3) is 0.500. The van der Waals surface area contributed by atoms with Crippen molar-refractivity contribution in [1.29, 1.82) is 0 Å². The van der Waals surface area contributed by atoms with Crippen molar-refractivity contribution in [3.8, 4) is 5.75 Å². The molecule has 0 aromatic heterocycles. The summed E-state index contributed by atoms with van der Waals surface area (Å²) in [6.45, 7) is 2.73. The third-order valence-corrected chi connectivity index (χ3v) is 3.68. The molecule has 0 aliphatic rings. The minimum atomic E-state index is 0.430. The van der Waals surface area contributed by atoms with E-state index in [4.69, 9.17) is 51.1 Å². The van der Waals surface area contributed by atoms with Crippen molar-refractivity contribution in [3.05, 3.63) is 27.2 Å². The highest BCUT2D eigenvalue weighted by atomic mass is 35.5. The summed E-state index contributed by atoms with van der Waals surface area (Å²) in [5, 5.41) is 1.35. The van der Waals surface area contributed by atoms with Gasteiger partial charge in [-0.3, -0.25) is 0 Å². The third-order valence-electron chi connectivity index (χ3n) is 2.44. The summed E-state index contributed by atoms with van der Waals surface area (Å²) in [7, 11) is 0. The molecule has 0 amide bonds. The Hall–Kier alpha value is 0.180. The molecule has 1 atom stereocenters. The van der Waals surface area contributed by atoms with Crippen LogP contribution in [0.1, 0.15) is 19.8 Å². The van der Waals surface area contributed by atoms with Gasteiger partial charge in [-0.1, -0.05) is 41.7 Å². The zero-order chi connectivity index (χ0) is 12.8. The summed E-state index contributed by atoms with van der Waals surface area (Å²) in [5.41, 5.74) is 0. The minimum absolute atomic E-state index is 0.430. The molecule has 1 nitrogen and oxygen atoms in total. The number of rotatable bonds is 6. The smallest absolute Gasteiger partial charge is 0.139 e. The third kappa shape index (κ3) is 5.13. The molecule has 1 rings (SSSR count). The van der Waals surface area contributed by atoms with Gasteiger partial charge in [-0.25, -0.2) is 0 Å². The first-order valence-corrected chi connectivity index (χ1v) is 7.04. The largest absolute Gasteiger partial charge is 0.492 e. The topological polar surface area (TPSA) is 9.23 Å². The Kier molecular flexibility index (Phi) is 6.79. The summed E-state index contributed by atoms with van der Waals surface area (Å²) in [6.07, 6.45) is 1.92. The molecule has 0 fully saturated rings. The predicted octanol–water partition coefficient (Wildman–Crippen LogP) is 5.68. The molecule has 0 spiro atoms. The van der Waals surface area contributed by atoms with Crippen LogP contribution in [0.2, 0.25) is 15.1 Å². The summed E-state index contributed by atoms with van der Waals surface area (Å²) in [5.74, 6) is 1.78. The van der Waals surface area contributed by atoms with Crippen molar-refractivity contribution in [2.75, 3.05) is 12.5 Å². The van der Waals surface area contributed by atoms with E-state index in [1.807, 2.05) is 0 Å². The van der Waals surface area contributed by atoms with E-state index in [9.17, 15) is 0 Å². The Labute approximate surface area is 122 Å². The van der Waals surface area contributed by atoms with Gasteiger partial charge >= 0.3 is 0 Å². The summed E-state index contributed by atoms with van der Waals surface area (Å²) in [6, 6.07) is 3.22. The molecule has 0 aliphatic heterocycles. The lowest BCUT2D eigenvalue weighted by atomic mass is 10.1. The highest BCUT2D eigenvalue weighted by molar-refractivity contribution is 6.43. The van der Waals surface area contributed by atoms with Crippen LogP contribution in [0.5, 0.6) is 5.75 Å². The standard InChI is InChI=1S/C12H14Cl4O/c1-8(2-4-13)3-5-17-12-7-10(15)9(14)6-11(12)16/h6-8H,2-5H2,1H3. The van der Waals surface area contributed by atoms with Gasteiger partial charge in [0.25, 0.3) is 0 Å². The van der Waals surface area contributed by atoms with E-state index in [0.717, 1.165) is 12.8 Å². The Morgan fingerprint density at radius 1 is 1.06 bits per heavy atom. The second-order valence-electron chi connectivity index (χ2n) is 3.92. The van der Waals surface area contributed by atoms with Crippen molar-refractivity contribution < 1.29 is 4.74 Å². The monoisotopic (exact) mass is 314 g/mol. The molecule has 5 heteroatoms. The van der Waals surface area contributed by atoms with E-state index >= 15 is 0 Å². The van der Waals surface area contributed by atoms with Crippen LogP contribution in [-0.4, -0.2) is 12.5 Å². The number of hydrogen-bond donors (Lipinski definition) is 0. The molecule has 17 heavy (non-hydrogen) atoms. The van der Waals surface area contributed by atoms with E-state index in [-0.39, 0.29) is 0 Å². The molecule has 96 valence electrons. The summed E-state index contributed by atoms with van der Waals surface area (Å²) >= 11 is 23.4. The van der Waals surface area contributed by atoms with Gasteiger partial charge < -0.3 is 4.74 Å². The number of halogens is 4. The molecule has 0 aliphatic carbocycles. The highest BCUT2D eigenvalue weighted by Gasteiger charge is 2.08. The second-order valence-corrected chi connectivity index (χ2v) is 5.52. The second kappa shape index (κ2) is 7.58. The first kappa shape index (κ1) is 15.2. The van der Waals surface area contributed by atoms with Crippen molar-refractivity contribution in [2.24, 2.45) is 5.92 Å². The molecule has 1 aromatic carbocycles. The molecule has 0 N–H and O–H groups in total. The normalized spacial score (nSPS) is 12.5. The van der Waals surface area contributed by atoms with Gasteiger partial charge in [0.2, 0.25) is 0 Å². The number of hydrogen-bond acceptors (Lipinski definition) is 1. The molecule has 0 saturated carbocycles. The zero-order valence-electron chi connectivity index (χ0n) is 9.48. The molecule has 0 heterocycles. The van der Waals surface area contributed by atoms with Crippen LogP contribution < -0.4 is 4.74 Å². The molecule has 0 radical (unpaired) electrons. The Morgan fingerprint density at radius 3 is 2.35 bits per heavy atom. The lowest BCUT2D eigenvalue weighted by Gasteiger charge is -2.12. The van der Waals surface area contributed by atoms with Crippen LogP contribution in [0, 0.1) is 5.92 Å². The minimum Gasteiger partial charge on any atom is -0.492 e. The highest BCUT2D eigenvalue weighted by Crippen LogP contribution is 2.33. The first-order chi connectivity index (χ1) is 8.04. The van der Waals surface area contributed by atoms with Crippen LogP contribution in [0.15, 0.2) is 12.1 Å². The molecule has 0 saturated heterocycles. The zero-order valence-corrected chi connectivity index (χ0v) is 12.5. The number of ether oxygens (including phenoxy) is 1. The van der Waals surface area contributed by atoms with E-state index in [1.165, 1.54) is 0 Å². The van der Waals surface area contributed by atoms with Crippen LogP contribution >= 0.6 is 46.4 Å². The van der Waals surface area contributed by atoms with Crippen molar-refractivity contribution in [1.82, 2.24) is 0 Å². The van der Waals surface area contributed by atoms with Crippen LogP contribution in [0.25, 0.3) is 0 Å². The lowest BCUT2D eigenvalue weighted by molar-refractivity contribution is 0.282. The van der Waals surface area contributed by atoms with E-state index in [2.05, 4.69) is 6.92 Å². The van der Waals surface area contributed by atoms with Crippen molar-refractivity contribution >= 4 is 46.4 Å². The van der Waals surface area contributed by atoms with Gasteiger partial charge in [-0.2, -0.15) is 0 Å². The van der Waals surface area contributed by atoms with Gasteiger partial charge in [0.05, 0.1) is 21.7 Å². The Balaban J connectivity index is 2.49. The van der Waals surface area contributed by atoms with E-state index < -0.39 is 0 Å². The predicted molar refractivity (Wildman–Crippen MR) is 76.1 cm³/mol. The maximum atomic E-state index is 5.99. The van der Waals surface area contributed by atoms with E-state index in [0.29, 0.717) is 39.2 Å². The maximum absolute atomic E-state index is 5.99. The summed E-state index contributed by atoms with van der Waals surface area (Å²) in [4.78, 5) is 0. The van der Waals surface area contributed by atoms with Crippen molar-refractivity contribution in [2.45, 2.75) is 19.8 Å². The Morgan fingerprint density at radius 2 is 1.71 bits per heavy atom.